The number of nitrogens with zero attached hydrogens (tertiary/aromatic N) is 1. The van der Waals surface area contributed by atoms with Crippen LogP contribution in [0.2, 0.25) is 0 Å². The number of imidazole rings is 1. The van der Waals surface area contributed by atoms with E-state index in [0.717, 1.165) is 23.2 Å². The summed E-state index contributed by atoms with van der Waals surface area (Å²) in [6.45, 7) is 3.83. The molecule has 0 aliphatic carbocycles. The second-order valence-corrected chi connectivity index (χ2v) is 3.82. The van der Waals surface area contributed by atoms with Crippen molar-refractivity contribution in [3.63, 3.8) is 0 Å². The number of aromatic hydroxyl groups is 1. The van der Waals surface area contributed by atoms with Gasteiger partial charge in [0.25, 0.3) is 0 Å². The molecule has 0 atom stereocenters. The highest BCUT2D eigenvalue weighted by Gasteiger charge is 2.04. The summed E-state index contributed by atoms with van der Waals surface area (Å²) in [7, 11) is 0. The summed E-state index contributed by atoms with van der Waals surface area (Å²) in [6, 6.07) is 3.99. The van der Waals surface area contributed by atoms with Crippen LogP contribution < -0.4 is 0 Å². The summed E-state index contributed by atoms with van der Waals surface area (Å²) in [5.41, 5.74) is 4.02. The molecule has 2 aromatic rings. The molecule has 2 N–H and O–H groups in total. The number of aromatic amines is 1. The Morgan fingerprint density at radius 2 is 1.93 bits per heavy atom. The summed E-state index contributed by atoms with van der Waals surface area (Å²) in [5, 5.41) is 9.64. The van der Waals surface area contributed by atoms with Gasteiger partial charge in [0.2, 0.25) is 0 Å². The minimum Gasteiger partial charge on any atom is -0.507 e. The van der Waals surface area contributed by atoms with Crippen LogP contribution in [-0.2, 0) is 6.42 Å². The van der Waals surface area contributed by atoms with Crippen LogP contribution in [0.4, 0.5) is 0 Å². The minimum atomic E-state index is 0.390. The molecule has 3 heteroatoms. The maximum atomic E-state index is 9.64. The van der Waals surface area contributed by atoms with Crippen molar-refractivity contribution in [3.05, 3.63) is 47.0 Å². The first-order valence-electron chi connectivity index (χ1n) is 4.93. The first-order valence-corrected chi connectivity index (χ1v) is 4.93. The molecule has 0 saturated heterocycles. The predicted molar refractivity (Wildman–Crippen MR) is 59.0 cm³/mol. The Bertz CT molecular complexity index is 437. The van der Waals surface area contributed by atoms with Crippen molar-refractivity contribution in [2.24, 2.45) is 0 Å². The third-order valence-corrected chi connectivity index (χ3v) is 2.49. The highest BCUT2D eigenvalue weighted by Crippen LogP contribution is 2.23. The van der Waals surface area contributed by atoms with Crippen LogP contribution in [0.25, 0.3) is 0 Å². The molecule has 0 amide bonds. The van der Waals surface area contributed by atoms with Gasteiger partial charge in [-0.2, -0.15) is 0 Å². The molecule has 0 saturated carbocycles. The lowest BCUT2D eigenvalue weighted by atomic mass is 10.0. The van der Waals surface area contributed by atoms with E-state index in [0.29, 0.717) is 5.75 Å². The normalized spacial score (nSPS) is 10.5. The molecule has 78 valence electrons. The number of phenolic OH excluding ortho intramolecular Hbond substituents is 1. The van der Waals surface area contributed by atoms with Crippen LogP contribution in [0.1, 0.15) is 22.4 Å². The van der Waals surface area contributed by atoms with E-state index in [2.05, 4.69) is 9.97 Å². The minimum absolute atomic E-state index is 0.390. The highest BCUT2D eigenvalue weighted by molar-refractivity contribution is 5.42. The summed E-state index contributed by atoms with van der Waals surface area (Å²) < 4.78 is 0. The van der Waals surface area contributed by atoms with E-state index < -0.39 is 0 Å². The standard InChI is InChI=1S/C12H14N2O/c1-8-3-10(4-9(2)12(8)15)5-11-6-13-7-14-11/h3-4,6-7,15H,5H2,1-2H3,(H,13,14). The number of phenols is 1. The topological polar surface area (TPSA) is 48.9 Å². The smallest absolute Gasteiger partial charge is 0.121 e. The zero-order chi connectivity index (χ0) is 10.8. The first kappa shape index (κ1) is 9.77. The average molecular weight is 202 g/mol. The highest BCUT2D eigenvalue weighted by atomic mass is 16.3. The van der Waals surface area contributed by atoms with Crippen LogP contribution in [0.15, 0.2) is 24.7 Å². The molecule has 3 nitrogen and oxygen atoms in total. The van der Waals surface area contributed by atoms with Crippen molar-refractivity contribution in [2.45, 2.75) is 20.3 Å². The number of nitrogens with one attached hydrogen (secondary N) is 1. The van der Waals surface area contributed by atoms with E-state index in [1.807, 2.05) is 32.2 Å². The monoisotopic (exact) mass is 202 g/mol. The Morgan fingerprint density at radius 1 is 1.27 bits per heavy atom. The number of rotatable bonds is 2. The van der Waals surface area contributed by atoms with E-state index in [1.54, 1.807) is 6.33 Å². The van der Waals surface area contributed by atoms with E-state index in [9.17, 15) is 5.11 Å². The van der Waals surface area contributed by atoms with Gasteiger partial charge in [0, 0.05) is 12.6 Å². The number of H-pyrrole nitrogens is 1. The number of aromatic nitrogens is 2. The lowest BCUT2D eigenvalue weighted by Gasteiger charge is -2.06. The molecule has 0 aliphatic heterocycles. The number of aryl methyl sites for hydroxylation is 2. The predicted octanol–water partition coefficient (Wildman–Crippen LogP) is 2.32. The van der Waals surface area contributed by atoms with Crippen LogP contribution in [0.5, 0.6) is 5.75 Å². The lowest BCUT2D eigenvalue weighted by molar-refractivity contribution is 0.466. The summed E-state index contributed by atoms with van der Waals surface area (Å²) in [6.07, 6.45) is 4.36. The maximum absolute atomic E-state index is 9.64. The molecule has 0 fully saturated rings. The molecule has 2 rings (SSSR count). The zero-order valence-electron chi connectivity index (χ0n) is 8.91. The molecular weight excluding hydrogens is 188 g/mol. The number of hydrogen-bond donors (Lipinski definition) is 2. The fourth-order valence-corrected chi connectivity index (χ4v) is 1.74. The van der Waals surface area contributed by atoms with Gasteiger partial charge in [0.05, 0.1) is 12.0 Å². The zero-order valence-corrected chi connectivity index (χ0v) is 8.91. The van der Waals surface area contributed by atoms with Crippen LogP contribution >= 0.6 is 0 Å². The molecule has 0 unspecified atom stereocenters. The van der Waals surface area contributed by atoms with E-state index in [4.69, 9.17) is 0 Å². The molecular formula is C12H14N2O. The van der Waals surface area contributed by atoms with Crippen LogP contribution in [0, 0.1) is 13.8 Å². The van der Waals surface area contributed by atoms with Crippen molar-refractivity contribution in [3.8, 4) is 5.75 Å². The van der Waals surface area contributed by atoms with Gasteiger partial charge in [-0.1, -0.05) is 12.1 Å². The SMILES string of the molecule is Cc1cc(Cc2c[nH]cn2)cc(C)c1O. The molecule has 1 aromatic carbocycles. The fourth-order valence-electron chi connectivity index (χ4n) is 1.74. The van der Waals surface area contributed by atoms with E-state index >= 15 is 0 Å². The number of hydrogen-bond acceptors (Lipinski definition) is 2. The van der Waals surface area contributed by atoms with Crippen molar-refractivity contribution in [1.29, 1.82) is 0 Å². The molecule has 15 heavy (non-hydrogen) atoms. The van der Waals surface area contributed by atoms with Crippen molar-refractivity contribution in [2.75, 3.05) is 0 Å². The largest absolute Gasteiger partial charge is 0.507 e. The second-order valence-electron chi connectivity index (χ2n) is 3.82. The van der Waals surface area contributed by atoms with Gasteiger partial charge in [-0.25, -0.2) is 4.98 Å². The molecule has 0 bridgehead atoms. The lowest BCUT2D eigenvalue weighted by Crippen LogP contribution is -1.91. The average Bonchev–Trinajstić information content (AvgIpc) is 2.66. The van der Waals surface area contributed by atoms with Gasteiger partial charge < -0.3 is 10.1 Å². The first-order chi connectivity index (χ1) is 7.16. The van der Waals surface area contributed by atoms with Crippen molar-refractivity contribution in [1.82, 2.24) is 9.97 Å². The number of benzene rings is 1. The van der Waals surface area contributed by atoms with Crippen LogP contribution in [-0.4, -0.2) is 15.1 Å². The molecule has 0 radical (unpaired) electrons. The second kappa shape index (κ2) is 3.77. The van der Waals surface area contributed by atoms with Crippen molar-refractivity contribution >= 4 is 0 Å². The van der Waals surface area contributed by atoms with Gasteiger partial charge in [-0.05, 0) is 30.5 Å². The Labute approximate surface area is 88.8 Å². The fraction of sp³-hybridized carbons (Fsp3) is 0.250. The molecule has 0 aliphatic rings. The van der Waals surface area contributed by atoms with Gasteiger partial charge in [0.1, 0.15) is 5.75 Å². The third kappa shape index (κ3) is 2.01. The van der Waals surface area contributed by atoms with Gasteiger partial charge in [-0.15, -0.1) is 0 Å². The Hall–Kier alpha value is -1.77. The Balaban J connectivity index is 2.30. The van der Waals surface area contributed by atoms with E-state index in [1.165, 1.54) is 5.56 Å². The summed E-state index contributed by atoms with van der Waals surface area (Å²) >= 11 is 0. The van der Waals surface area contributed by atoms with E-state index in [-0.39, 0.29) is 0 Å². The van der Waals surface area contributed by atoms with Gasteiger partial charge in [-0.3, -0.25) is 0 Å². The molecule has 0 spiro atoms. The quantitative estimate of drug-likeness (QED) is 0.785. The van der Waals surface area contributed by atoms with Crippen molar-refractivity contribution < 1.29 is 5.11 Å². The van der Waals surface area contributed by atoms with Gasteiger partial charge in [0.15, 0.2) is 0 Å². The maximum Gasteiger partial charge on any atom is 0.121 e. The Morgan fingerprint density at radius 3 is 2.47 bits per heavy atom. The van der Waals surface area contributed by atoms with Crippen LogP contribution in [0.3, 0.4) is 0 Å². The summed E-state index contributed by atoms with van der Waals surface area (Å²) in [5.74, 6) is 0.390. The third-order valence-electron chi connectivity index (χ3n) is 2.49. The Kier molecular flexibility index (Phi) is 2.46. The van der Waals surface area contributed by atoms with Gasteiger partial charge >= 0.3 is 0 Å². The summed E-state index contributed by atoms with van der Waals surface area (Å²) in [4.78, 5) is 7.11. The molecule has 1 aromatic heterocycles. The molecule has 1 heterocycles.